The number of hydrogen-bond acceptors (Lipinski definition) is 2. The second-order valence-electron chi connectivity index (χ2n) is 2.69. The van der Waals surface area contributed by atoms with Gasteiger partial charge < -0.3 is 10.2 Å². The Morgan fingerprint density at radius 3 is 2.55 bits per heavy atom. The molecule has 0 atom stereocenters. The number of rotatable bonds is 4. The minimum absolute atomic E-state index is 0.821. The number of hydrogen-bond donors (Lipinski definition) is 1. The summed E-state index contributed by atoms with van der Waals surface area (Å²) < 4.78 is 0. The molecule has 0 aromatic carbocycles. The van der Waals surface area contributed by atoms with E-state index in [1.165, 1.54) is 0 Å². The van der Waals surface area contributed by atoms with Gasteiger partial charge in [0.1, 0.15) is 0 Å². The van der Waals surface area contributed by atoms with Gasteiger partial charge in [-0.1, -0.05) is 12.8 Å². The lowest BCUT2D eigenvalue weighted by Crippen LogP contribution is -2.26. The van der Waals surface area contributed by atoms with E-state index in [2.05, 4.69) is 43.1 Å². The molecule has 0 spiro atoms. The summed E-state index contributed by atoms with van der Waals surface area (Å²) in [5.74, 6) is 6.04. The van der Waals surface area contributed by atoms with Crippen LogP contribution in [0.15, 0.2) is 0 Å². The molecular weight excluding hydrogens is 136 g/mol. The largest absolute Gasteiger partial charge is 0.308 e. The van der Waals surface area contributed by atoms with Gasteiger partial charge in [-0.3, -0.25) is 0 Å². The highest BCUT2D eigenvalue weighted by Crippen LogP contribution is 1.70. The van der Waals surface area contributed by atoms with Crippen molar-refractivity contribution in [3.05, 3.63) is 0 Å². The molecule has 0 aliphatic heterocycles. The zero-order chi connectivity index (χ0) is 8.53. The second kappa shape index (κ2) is 7.59. The van der Waals surface area contributed by atoms with Crippen LogP contribution in [0.5, 0.6) is 0 Å². The van der Waals surface area contributed by atoms with Gasteiger partial charge in [-0.25, -0.2) is 0 Å². The van der Waals surface area contributed by atoms with Crippen LogP contribution in [0.1, 0.15) is 13.3 Å². The summed E-state index contributed by atoms with van der Waals surface area (Å²) in [4.78, 5) is 2.15. The Hall–Kier alpha value is -0.520. The van der Waals surface area contributed by atoms with Gasteiger partial charge in [0.25, 0.3) is 0 Å². The van der Waals surface area contributed by atoms with Crippen molar-refractivity contribution < 1.29 is 0 Å². The van der Waals surface area contributed by atoms with Gasteiger partial charge in [0, 0.05) is 19.5 Å². The molecule has 0 aliphatic rings. The number of nitrogens with zero attached hydrogens (tertiary/aromatic N) is 1. The highest BCUT2D eigenvalue weighted by atomic mass is 15.1. The first-order chi connectivity index (χ1) is 5.27. The van der Waals surface area contributed by atoms with E-state index in [9.17, 15) is 0 Å². The fourth-order valence-electron chi connectivity index (χ4n) is 0.641. The summed E-state index contributed by atoms with van der Waals surface area (Å²) in [5.41, 5.74) is 0. The molecule has 0 saturated carbocycles. The average Bonchev–Trinajstić information content (AvgIpc) is 1.96. The van der Waals surface area contributed by atoms with Crippen LogP contribution < -0.4 is 5.32 Å². The third kappa shape index (κ3) is 9.48. The van der Waals surface area contributed by atoms with Crippen LogP contribution in [0, 0.1) is 11.8 Å². The molecule has 2 nitrogen and oxygen atoms in total. The van der Waals surface area contributed by atoms with Crippen LogP contribution in [-0.2, 0) is 0 Å². The predicted octanol–water partition coefficient (Wildman–Crippen LogP) is 0.551. The highest BCUT2D eigenvalue weighted by molar-refractivity contribution is 4.99. The lowest BCUT2D eigenvalue weighted by molar-refractivity contribution is 0.405. The summed E-state index contributed by atoms with van der Waals surface area (Å²) >= 11 is 0. The molecule has 0 aromatic heterocycles. The first kappa shape index (κ1) is 10.5. The molecule has 0 amide bonds. The Morgan fingerprint density at radius 1 is 1.27 bits per heavy atom. The lowest BCUT2D eigenvalue weighted by atomic mass is 10.4. The van der Waals surface area contributed by atoms with Crippen molar-refractivity contribution in [2.75, 3.05) is 33.7 Å². The smallest absolute Gasteiger partial charge is 0.0576 e. The summed E-state index contributed by atoms with van der Waals surface area (Å²) in [6, 6.07) is 0. The molecule has 2 heteroatoms. The van der Waals surface area contributed by atoms with Gasteiger partial charge in [0.15, 0.2) is 0 Å². The van der Waals surface area contributed by atoms with Gasteiger partial charge in [0.05, 0.1) is 6.54 Å². The van der Waals surface area contributed by atoms with Crippen LogP contribution in [0.3, 0.4) is 0 Å². The first-order valence-corrected chi connectivity index (χ1v) is 4.08. The quantitative estimate of drug-likeness (QED) is 0.470. The van der Waals surface area contributed by atoms with Gasteiger partial charge in [0.2, 0.25) is 0 Å². The van der Waals surface area contributed by atoms with E-state index in [1.54, 1.807) is 0 Å². The van der Waals surface area contributed by atoms with Gasteiger partial charge in [-0.2, -0.15) is 0 Å². The molecule has 0 fully saturated rings. The van der Waals surface area contributed by atoms with Crippen molar-refractivity contribution in [1.29, 1.82) is 0 Å². The third-order valence-electron chi connectivity index (χ3n) is 1.25. The Balaban J connectivity index is 3.02. The Labute approximate surface area is 70.0 Å². The van der Waals surface area contributed by atoms with Crippen molar-refractivity contribution in [3.63, 3.8) is 0 Å². The Morgan fingerprint density at radius 2 is 2.00 bits per heavy atom. The van der Waals surface area contributed by atoms with Crippen molar-refractivity contribution in [1.82, 2.24) is 10.2 Å². The summed E-state index contributed by atoms with van der Waals surface area (Å²) in [7, 11) is 4.14. The molecular formula is C9H18N2. The second-order valence-corrected chi connectivity index (χ2v) is 2.69. The Kier molecular flexibility index (Phi) is 7.23. The number of likely N-dealkylation sites (N-methyl/N-ethyl adjacent to an activating group) is 1. The highest BCUT2D eigenvalue weighted by Gasteiger charge is 1.86. The zero-order valence-corrected chi connectivity index (χ0v) is 7.78. The monoisotopic (exact) mass is 154 g/mol. The van der Waals surface area contributed by atoms with E-state index < -0.39 is 0 Å². The van der Waals surface area contributed by atoms with Crippen LogP contribution in [0.2, 0.25) is 0 Å². The molecule has 11 heavy (non-hydrogen) atoms. The first-order valence-electron chi connectivity index (χ1n) is 4.08. The minimum Gasteiger partial charge on any atom is -0.308 e. The summed E-state index contributed by atoms with van der Waals surface area (Å²) in [6.45, 7) is 4.98. The van der Waals surface area contributed by atoms with Crippen molar-refractivity contribution >= 4 is 0 Å². The fraction of sp³-hybridized carbons (Fsp3) is 0.778. The van der Waals surface area contributed by atoms with E-state index >= 15 is 0 Å². The molecule has 0 aliphatic carbocycles. The predicted molar refractivity (Wildman–Crippen MR) is 49.5 cm³/mol. The molecule has 0 aromatic rings. The molecule has 1 N–H and O–H groups in total. The van der Waals surface area contributed by atoms with Crippen LogP contribution >= 0.6 is 0 Å². The van der Waals surface area contributed by atoms with E-state index in [-0.39, 0.29) is 0 Å². The maximum absolute atomic E-state index is 3.24. The van der Waals surface area contributed by atoms with Crippen molar-refractivity contribution in [2.24, 2.45) is 0 Å². The molecule has 0 radical (unpaired) electrons. The van der Waals surface area contributed by atoms with E-state index in [0.29, 0.717) is 0 Å². The minimum atomic E-state index is 0.821. The molecule has 0 rings (SSSR count). The van der Waals surface area contributed by atoms with Crippen molar-refractivity contribution in [3.8, 4) is 11.8 Å². The van der Waals surface area contributed by atoms with Gasteiger partial charge in [-0.05, 0) is 14.1 Å². The van der Waals surface area contributed by atoms with E-state index in [1.807, 2.05) is 0 Å². The standard InChI is InChI=1S/C9H18N2/c1-4-5-6-7-10-8-9-11(2)3/h10H,4,7-9H2,1-3H3. The average molecular weight is 154 g/mol. The molecule has 0 saturated heterocycles. The van der Waals surface area contributed by atoms with E-state index in [4.69, 9.17) is 0 Å². The molecule has 0 unspecified atom stereocenters. The number of nitrogens with one attached hydrogen (secondary N) is 1. The van der Waals surface area contributed by atoms with Crippen LogP contribution in [0.25, 0.3) is 0 Å². The molecule has 0 heterocycles. The van der Waals surface area contributed by atoms with Gasteiger partial charge in [-0.15, -0.1) is 5.92 Å². The van der Waals surface area contributed by atoms with Gasteiger partial charge >= 0.3 is 0 Å². The normalized spacial score (nSPS) is 9.45. The lowest BCUT2D eigenvalue weighted by Gasteiger charge is -2.08. The Bertz CT molecular complexity index is 130. The van der Waals surface area contributed by atoms with Crippen LogP contribution in [0.4, 0.5) is 0 Å². The summed E-state index contributed by atoms with van der Waals surface area (Å²) in [5, 5.41) is 3.24. The maximum atomic E-state index is 3.24. The fourth-order valence-corrected chi connectivity index (χ4v) is 0.641. The maximum Gasteiger partial charge on any atom is 0.0576 e. The molecule has 0 bridgehead atoms. The SMILES string of the molecule is CCC#CCNCCN(C)C. The van der Waals surface area contributed by atoms with Crippen LogP contribution in [-0.4, -0.2) is 38.6 Å². The third-order valence-corrected chi connectivity index (χ3v) is 1.25. The zero-order valence-electron chi connectivity index (χ0n) is 7.78. The van der Waals surface area contributed by atoms with Crippen molar-refractivity contribution in [2.45, 2.75) is 13.3 Å². The van der Waals surface area contributed by atoms with E-state index in [0.717, 1.165) is 26.1 Å². The molecule has 64 valence electrons. The summed E-state index contributed by atoms with van der Waals surface area (Å²) in [6.07, 6.45) is 0.954. The topological polar surface area (TPSA) is 15.3 Å².